The number of ether oxygens (including phenoxy) is 1. The lowest BCUT2D eigenvalue weighted by Gasteiger charge is -2.53. The molecule has 3 rings (SSSR count). The molecular weight excluding hydrogens is 349 g/mol. The van der Waals surface area contributed by atoms with Crippen LogP contribution in [0.2, 0.25) is 0 Å². The first-order valence-electron chi connectivity index (χ1n) is 9.63. The summed E-state index contributed by atoms with van der Waals surface area (Å²) in [5.74, 6) is -0.447. The van der Waals surface area contributed by atoms with Gasteiger partial charge in [0.1, 0.15) is 0 Å². The van der Waals surface area contributed by atoms with Crippen LogP contribution in [-0.4, -0.2) is 78.5 Å². The molecule has 1 spiro atoms. The van der Waals surface area contributed by atoms with Crippen molar-refractivity contribution < 1.29 is 27.8 Å². The largest absolute Gasteiger partial charge is 0.392 e. The summed E-state index contributed by atoms with van der Waals surface area (Å²) < 4.78 is 42.7. The van der Waals surface area contributed by atoms with E-state index in [4.69, 9.17) is 4.74 Å². The Balaban J connectivity index is 1.63. The molecule has 0 saturated carbocycles. The van der Waals surface area contributed by atoms with Crippen molar-refractivity contribution in [3.05, 3.63) is 0 Å². The second kappa shape index (κ2) is 8.02. The number of aliphatic hydroxyl groups excluding tert-OH is 1. The Kier molecular flexibility index (Phi) is 6.14. The Morgan fingerprint density at radius 3 is 2.58 bits per heavy atom. The molecule has 0 aromatic carbocycles. The molecule has 0 aliphatic carbocycles. The van der Waals surface area contributed by atoms with Gasteiger partial charge in [-0.1, -0.05) is 0 Å². The van der Waals surface area contributed by atoms with Gasteiger partial charge in [0, 0.05) is 57.3 Å². The second-order valence-electron chi connectivity index (χ2n) is 8.01. The molecule has 3 aliphatic heterocycles. The highest BCUT2D eigenvalue weighted by molar-refractivity contribution is 5.76. The van der Waals surface area contributed by atoms with Crippen LogP contribution in [0.3, 0.4) is 0 Å². The van der Waals surface area contributed by atoms with E-state index in [1.54, 1.807) is 4.90 Å². The highest BCUT2D eigenvalue weighted by Crippen LogP contribution is 2.40. The summed E-state index contributed by atoms with van der Waals surface area (Å²) in [6.45, 7) is 3.89. The Hall–Kier alpha value is -0.860. The number of hydrogen-bond donors (Lipinski definition) is 1. The quantitative estimate of drug-likeness (QED) is 0.818. The number of hydrogen-bond acceptors (Lipinski definition) is 4. The predicted octanol–water partition coefficient (Wildman–Crippen LogP) is 2.18. The van der Waals surface area contributed by atoms with Gasteiger partial charge in [-0.25, -0.2) is 0 Å². The first-order valence-corrected chi connectivity index (χ1v) is 9.63. The minimum absolute atomic E-state index is 0.366. The Labute approximate surface area is 152 Å². The van der Waals surface area contributed by atoms with Gasteiger partial charge in [0.05, 0.1) is 12.5 Å². The van der Waals surface area contributed by atoms with Gasteiger partial charge in [0.2, 0.25) is 5.91 Å². The maximum absolute atomic E-state index is 12.4. The molecule has 8 heteroatoms. The molecular formula is C18H29F3N2O3. The Morgan fingerprint density at radius 1 is 1.15 bits per heavy atom. The zero-order valence-corrected chi connectivity index (χ0v) is 15.1. The summed E-state index contributed by atoms with van der Waals surface area (Å²) in [5, 5.41) is 10.7. The molecule has 3 saturated heterocycles. The third kappa shape index (κ3) is 4.70. The third-order valence-corrected chi connectivity index (χ3v) is 6.21. The van der Waals surface area contributed by atoms with Crippen molar-refractivity contribution in [2.24, 2.45) is 5.41 Å². The van der Waals surface area contributed by atoms with Gasteiger partial charge < -0.3 is 14.7 Å². The summed E-state index contributed by atoms with van der Waals surface area (Å²) in [5.41, 5.74) is -0.414. The lowest BCUT2D eigenvalue weighted by Crippen LogP contribution is -2.61. The van der Waals surface area contributed by atoms with Gasteiger partial charge in [-0.2, -0.15) is 13.2 Å². The first-order chi connectivity index (χ1) is 12.3. The fourth-order valence-corrected chi connectivity index (χ4v) is 4.73. The number of amides is 1. The van der Waals surface area contributed by atoms with Crippen LogP contribution in [0.25, 0.3) is 0 Å². The standard InChI is InChI=1S/C18H29F3N2O3/c19-18(20,21)7-2-16(25)23-8-1-6-17(13-23)12-22(9-3-15(17)24)14-4-10-26-11-5-14/h14-15,24H,1-13H2/t15?,17-/m1/s1. The smallest absolute Gasteiger partial charge is 0.389 e. The van der Waals surface area contributed by atoms with Crippen LogP contribution in [0.15, 0.2) is 0 Å². The lowest BCUT2D eigenvalue weighted by atomic mass is 9.71. The zero-order chi connectivity index (χ0) is 18.8. The monoisotopic (exact) mass is 378 g/mol. The molecule has 3 heterocycles. The highest BCUT2D eigenvalue weighted by atomic mass is 19.4. The van der Waals surface area contributed by atoms with Gasteiger partial charge in [0.25, 0.3) is 0 Å². The second-order valence-corrected chi connectivity index (χ2v) is 8.01. The van der Waals surface area contributed by atoms with Gasteiger partial charge >= 0.3 is 6.18 Å². The van der Waals surface area contributed by atoms with E-state index in [1.165, 1.54) is 0 Å². The van der Waals surface area contributed by atoms with Gasteiger partial charge in [0.15, 0.2) is 0 Å². The number of piperidine rings is 2. The highest BCUT2D eigenvalue weighted by Gasteiger charge is 2.47. The number of carbonyl (C=O) groups excluding carboxylic acids is 1. The summed E-state index contributed by atoms with van der Waals surface area (Å²) in [6.07, 6.45) is -2.24. The van der Waals surface area contributed by atoms with E-state index in [1.807, 2.05) is 0 Å². The van der Waals surface area contributed by atoms with Crippen LogP contribution in [0.1, 0.15) is 44.9 Å². The molecule has 0 radical (unpaired) electrons. The predicted molar refractivity (Wildman–Crippen MR) is 89.6 cm³/mol. The molecule has 5 nitrogen and oxygen atoms in total. The van der Waals surface area contributed by atoms with Crippen LogP contribution in [0, 0.1) is 5.41 Å². The van der Waals surface area contributed by atoms with Gasteiger partial charge in [-0.05, 0) is 32.1 Å². The number of rotatable bonds is 3. The molecule has 3 aliphatic rings. The van der Waals surface area contributed by atoms with E-state index in [9.17, 15) is 23.1 Å². The normalized spacial score (nSPS) is 32.2. The zero-order valence-electron chi connectivity index (χ0n) is 15.1. The van der Waals surface area contributed by atoms with Crippen molar-refractivity contribution in [1.82, 2.24) is 9.80 Å². The molecule has 1 amide bonds. The number of likely N-dealkylation sites (tertiary alicyclic amines) is 2. The molecule has 150 valence electrons. The number of alkyl halides is 3. The SMILES string of the molecule is O=C(CCC(F)(F)F)N1CCC[C@]2(C1)CN(C1CCOCC1)CCC2O. The average molecular weight is 378 g/mol. The lowest BCUT2D eigenvalue weighted by molar-refractivity contribution is -0.155. The molecule has 0 aromatic heterocycles. The van der Waals surface area contributed by atoms with E-state index in [0.717, 1.165) is 45.4 Å². The van der Waals surface area contributed by atoms with E-state index < -0.39 is 36.4 Å². The fourth-order valence-electron chi connectivity index (χ4n) is 4.73. The molecule has 0 aromatic rings. The summed E-state index contributed by atoms with van der Waals surface area (Å²) >= 11 is 0. The topological polar surface area (TPSA) is 53.0 Å². The Morgan fingerprint density at radius 2 is 1.88 bits per heavy atom. The third-order valence-electron chi connectivity index (χ3n) is 6.21. The van der Waals surface area contributed by atoms with Crippen LogP contribution >= 0.6 is 0 Å². The number of nitrogens with zero attached hydrogens (tertiary/aromatic N) is 2. The summed E-state index contributed by atoms with van der Waals surface area (Å²) in [4.78, 5) is 16.2. The minimum Gasteiger partial charge on any atom is -0.392 e. The van der Waals surface area contributed by atoms with Crippen molar-refractivity contribution >= 4 is 5.91 Å². The maximum Gasteiger partial charge on any atom is 0.389 e. The van der Waals surface area contributed by atoms with Crippen molar-refractivity contribution in [2.45, 2.75) is 63.3 Å². The van der Waals surface area contributed by atoms with E-state index >= 15 is 0 Å². The number of carbonyl (C=O) groups is 1. The summed E-state index contributed by atoms with van der Waals surface area (Å²) in [6, 6.07) is 0.435. The van der Waals surface area contributed by atoms with Crippen LogP contribution in [-0.2, 0) is 9.53 Å². The van der Waals surface area contributed by atoms with E-state index in [-0.39, 0.29) is 0 Å². The number of aliphatic hydroxyl groups is 1. The van der Waals surface area contributed by atoms with Crippen molar-refractivity contribution in [2.75, 3.05) is 39.4 Å². The molecule has 2 atom stereocenters. The maximum atomic E-state index is 12.4. The van der Waals surface area contributed by atoms with Gasteiger partial charge in [-0.3, -0.25) is 9.69 Å². The van der Waals surface area contributed by atoms with E-state index in [0.29, 0.717) is 32.1 Å². The van der Waals surface area contributed by atoms with E-state index in [2.05, 4.69) is 4.90 Å². The Bertz CT molecular complexity index is 497. The van der Waals surface area contributed by atoms with Crippen LogP contribution in [0.5, 0.6) is 0 Å². The molecule has 3 fully saturated rings. The molecule has 1 unspecified atom stereocenters. The molecule has 1 N–H and O–H groups in total. The molecule has 0 bridgehead atoms. The molecule has 26 heavy (non-hydrogen) atoms. The fraction of sp³-hybridized carbons (Fsp3) is 0.944. The number of halogens is 3. The van der Waals surface area contributed by atoms with Crippen LogP contribution in [0.4, 0.5) is 13.2 Å². The summed E-state index contributed by atoms with van der Waals surface area (Å²) in [7, 11) is 0. The average Bonchev–Trinajstić information content (AvgIpc) is 2.62. The van der Waals surface area contributed by atoms with Crippen LogP contribution < -0.4 is 0 Å². The first kappa shape index (κ1) is 19.9. The minimum atomic E-state index is -4.31. The van der Waals surface area contributed by atoms with Crippen molar-refractivity contribution in [1.29, 1.82) is 0 Å². The van der Waals surface area contributed by atoms with Gasteiger partial charge in [-0.15, -0.1) is 0 Å². The van der Waals surface area contributed by atoms with Crippen molar-refractivity contribution in [3.8, 4) is 0 Å². The van der Waals surface area contributed by atoms with Crippen molar-refractivity contribution in [3.63, 3.8) is 0 Å².